The van der Waals surface area contributed by atoms with Crippen LogP contribution in [0.2, 0.25) is 0 Å². The van der Waals surface area contributed by atoms with Gasteiger partial charge in [-0.15, -0.1) is 0 Å². The van der Waals surface area contributed by atoms with Crippen molar-refractivity contribution in [2.45, 2.75) is 83.6 Å². The van der Waals surface area contributed by atoms with Crippen molar-refractivity contribution in [1.82, 2.24) is 9.80 Å². The largest absolute Gasteiger partial charge is 0.480 e. The van der Waals surface area contributed by atoms with E-state index in [1.807, 2.05) is 4.90 Å². The first-order valence-electron chi connectivity index (χ1n) is 10.2. The lowest BCUT2D eigenvalue weighted by Gasteiger charge is -2.29. The van der Waals surface area contributed by atoms with Crippen LogP contribution in [-0.4, -0.2) is 58.4 Å². The Morgan fingerprint density at radius 1 is 1.00 bits per heavy atom. The first kappa shape index (κ1) is 20.7. The van der Waals surface area contributed by atoms with Gasteiger partial charge in [-0.25, -0.2) is 0 Å². The highest BCUT2D eigenvalue weighted by Crippen LogP contribution is 2.28. The normalized spacial score (nSPS) is 21.9. The fraction of sp³-hybridized carbons (Fsp3) is 0.850. The number of rotatable bonds is 7. The average molecular weight is 367 g/mol. The first-order valence-corrected chi connectivity index (χ1v) is 10.2. The number of likely N-dealkylation sites (tertiary alicyclic amines) is 1. The van der Waals surface area contributed by atoms with E-state index in [-0.39, 0.29) is 24.4 Å². The van der Waals surface area contributed by atoms with Gasteiger partial charge >= 0.3 is 5.97 Å². The quantitative estimate of drug-likeness (QED) is 0.751. The Bertz CT molecular complexity index is 488. The number of carbonyl (C=O) groups excluding carboxylic acids is 2. The Morgan fingerprint density at radius 2 is 1.73 bits per heavy atom. The fourth-order valence-electron chi connectivity index (χ4n) is 4.46. The van der Waals surface area contributed by atoms with Crippen molar-refractivity contribution in [3.8, 4) is 0 Å². The van der Waals surface area contributed by atoms with Gasteiger partial charge in [0.1, 0.15) is 6.54 Å². The molecule has 0 aromatic carbocycles. The Labute approximate surface area is 156 Å². The summed E-state index contributed by atoms with van der Waals surface area (Å²) in [5, 5.41) is 9.02. The Hall–Kier alpha value is -1.59. The summed E-state index contributed by atoms with van der Waals surface area (Å²) >= 11 is 0. The Morgan fingerprint density at radius 3 is 2.38 bits per heavy atom. The molecule has 2 fully saturated rings. The second-order valence-corrected chi connectivity index (χ2v) is 7.90. The van der Waals surface area contributed by atoms with Gasteiger partial charge < -0.3 is 14.9 Å². The molecule has 0 radical (unpaired) electrons. The van der Waals surface area contributed by atoms with Gasteiger partial charge in [0.2, 0.25) is 11.8 Å². The number of carboxylic acids is 1. The molecule has 0 bridgehead atoms. The van der Waals surface area contributed by atoms with Crippen LogP contribution in [0.4, 0.5) is 0 Å². The van der Waals surface area contributed by atoms with Crippen molar-refractivity contribution in [3.63, 3.8) is 0 Å². The van der Waals surface area contributed by atoms with Gasteiger partial charge in [-0.2, -0.15) is 0 Å². The highest BCUT2D eigenvalue weighted by atomic mass is 16.4. The highest BCUT2D eigenvalue weighted by molar-refractivity contribution is 5.80. The summed E-state index contributed by atoms with van der Waals surface area (Å²) in [5.74, 6) is -0.163. The number of hydrogen-bond acceptors (Lipinski definition) is 3. The minimum atomic E-state index is -0.986. The second-order valence-electron chi connectivity index (χ2n) is 7.90. The van der Waals surface area contributed by atoms with Gasteiger partial charge in [-0.05, 0) is 38.0 Å². The summed E-state index contributed by atoms with van der Waals surface area (Å²) in [4.78, 5) is 38.7. The molecule has 1 unspecified atom stereocenters. The second kappa shape index (κ2) is 10.5. The van der Waals surface area contributed by atoms with Crippen molar-refractivity contribution in [2.75, 3.05) is 19.6 Å². The molecule has 1 atom stereocenters. The minimum Gasteiger partial charge on any atom is -0.480 e. The Kier molecular flexibility index (Phi) is 8.39. The summed E-state index contributed by atoms with van der Waals surface area (Å²) in [5.41, 5.74) is 0. The number of amides is 2. The lowest BCUT2D eigenvalue weighted by Crippen LogP contribution is -2.43. The zero-order chi connectivity index (χ0) is 18.9. The summed E-state index contributed by atoms with van der Waals surface area (Å²) in [7, 11) is 0. The minimum absolute atomic E-state index is 0.0800. The molecule has 2 rings (SSSR count). The van der Waals surface area contributed by atoms with E-state index in [4.69, 9.17) is 5.11 Å². The van der Waals surface area contributed by atoms with Gasteiger partial charge in [0.25, 0.3) is 0 Å². The molecule has 6 nitrogen and oxygen atoms in total. The summed E-state index contributed by atoms with van der Waals surface area (Å²) in [6.45, 7) is 2.51. The van der Waals surface area contributed by atoms with Crippen LogP contribution in [0.5, 0.6) is 0 Å². The van der Waals surface area contributed by atoms with Crippen LogP contribution in [0.1, 0.15) is 77.6 Å². The van der Waals surface area contributed by atoms with Crippen LogP contribution >= 0.6 is 0 Å². The smallest absolute Gasteiger partial charge is 0.323 e. The molecule has 148 valence electrons. The van der Waals surface area contributed by atoms with Crippen LogP contribution in [-0.2, 0) is 14.4 Å². The van der Waals surface area contributed by atoms with E-state index in [1.54, 1.807) is 0 Å². The number of hydrogen-bond donors (Lipinski definition) is 1. The predicted molar refractivity (Wildman–Crippen MR) is 99.7 cm³/mol. The molecule has 0 aromatic rings. The molecule has 6 heteroatoms. The fourth-order valence-corrected chi connectivity index (χ4v) is 4.46. The molecule has 1 saturated carbocycles. The number of carbonyl (C=O) groups is 3. The van der Waals surface area contributed by atoms with E-state index < -0.39 is 5.97 Å². The highest BCUT2D eigenvalue weighted by Gasteiger charge is 2.27. The molecular formula is C20H34N2O4. The van der Waals surface area contributed by atoms with E-state index in [2.05, 4.69) is 0 Å². The van der Waals surface area contributed by atoms with Crippen LogP contribution < -0.4 is 0 Å². The van der Waals surface area contributed by atoms with E-state index in [0.717, 1.165) is 31.7 Å². The lowest BCUT2D eigenvalue weighted by molar-refractivity contribution is -0.145. The summed E-state index contributed by atoms with van der Waals surface area (Å²) < 4.78 is 0. The third-order valence-electron chi connectivity index (χ3n) is 5.93. The molecule has 0 aromatic heterocycles. The summed E-state index contributed by atoms with van der Waals surface area (Å²) in [6.07, 6.45) is 11.7. The third-order valence-corrected chi connectivity index (χ3v) is 5.93. The van der Waals surface area contributed by atoms with E-state index in [0.29, 0.717) is 19.4 Å². The van der Waals surface area contributed by atoms with Crippen molar-refractivity contribution >= 4 is 17.8 Å². The maximum absolute atomic E-state index is 12.5. The monoisotopic (exact) mass is 366 g/mol. The average Bonchev–Trinajstić information content (AvgIpc) is 2.86. The molecule has 1 aliphatic heterocycles. The molecule has 0 spiro atoms. The van der Waals surface area contributed by atoms with Crippen LogP contribution in [0.25, 0.3) is 0 Å². The summed E-state index contributed by atoms with van der Waals surface area (Å²) in [6, 6.07) is -0.0800. The maximum atomic E-state index is 12.5. The molecule has 1 heterocycles. The molecule has 26 heavy (non-hydrogen) atoms. The van der Waals surface area contributed by atoms with Crippen LogP contribution in [0, 0.1) is 5.92 Å². The maximum Gasteiger partial charge on any atom is 0.323 e. The first-order chi connectivity index (χ1) is 12.5. The molecule has 1 aliphatic carbocycles. The van der Waals surface area contributed by atoms with Crippen molar-refractivity contribution in [3.05, 3.63) is 0 Å². The predicted octanol–water partition coefficient (Wildman–Crippen LogP) is 3.05. The van der Waals surface area contributed by atoms with E-state index in [1.165, 1.54) is 50.3 Å². The topological polar surface area (TPSA) is 77.9 Å². The van der Waals surface area contributed by atoms with E-state index >= 15 is 0 Å². The zero-order valence-electron chi connectivity index (χ0n) is 16.1. The standard InChI is InChI=1S/C20H34N2O4/c1-16(23)22(15-20(25)26)18-10-6-13-21(14-12-18)19(24)11-5-9-17-7-3-2-4-8-17/h17-18H,2-15H2,1H3,(H,25,26). The van der Waals surface area contributed by atoms with Crippen LogP contribution in [0.15, 0.2) is 0 Å². The van der Waals surface area contributed by atoms with Gasteiger partial charge in [0.05, 0.1) is 0 Å². The zero-order valence-corrected chi connectivity index (χ0v) is 16.1. The molecular weight excluding hydrogens is 332 g/mol. The van der Waals surface area contributed by atoms with Gasteiger partial charge in [-0.1, -0.05) is 32.1 Å². The molecule has 2 aliphatic rings. The molecule has 2 amide bonds. The van der Waals surface area contributed by atoms with Gasteiger partial charge in [0.15, 0.2) is 0 Å². The third kappa shape index (κ3) is 6.61. The lowest BCUT2D eigenvalue weighted by atomic mass is 9.86. The number of aliphatic carboxylic acids is 1. The van der Waals surface area contributed by atoms with Gasteiger partial charge in [0, 0.05) is 32.5 Å². The van der Waals surface area contributed by atoms with E-state index in [9.17, 15) is 14.4 Å². The van der Waals surface area contributed by atoms with Crippen LogP contribution in [0.3, 0.4) is 0 Å². The SMILES string of the molecule is CC(=O)N(CC(=O)O)C1CCCN(C(=O)CCCC2CCCCC2)CC1. The van der Waals surface area contributed by atoms with Crippen molar-refractivity contribution in [2.24, 2.45) is 5.92 Å². The van der Waals surface area contributed by atoms with Crippen molar-refractivity contribution < 1.29 is 19.5 Å². The van der Waals surface area contributed by atoms with Gasteiger partial charge in [-0.3, -0.25) is 14.4 Å². The molecule has 1 N–H and O–H groups in total. The number of carboxylic acid groups (broad SMARTS) is 1. The molecule has 1 saturated heterocycles. The number of nitrogens with zero attached hydrogens (tertiary/aromatic N) is 2. The van der Waals surface area contributed by atoms with Crippen molar-refractivity contribution in [1.29, 1.82) is 0 Å². The Balaban J connectivity index is 1.76.